The first-order valence-electron chi connectivity index (χ1n) is 5.91. The number of ether oxygens (including phenoxy) is 1. The SMILES string of the molecule is COc1ccc(-n2c(Br)c(N)c3ccccc32)cc1. The Kier molecular flexibility index (Phi) is 2.95. The van der Waals surface area contributed by atoms with Gasteiger partial charge in [0.15, 0.2) is 0 Å². The fourth-order valence-corrected chi connectivity index (χ4v) is 2.83. The maximum Gasteiger partial charge on any atom is 0.119 e. The van der Waals surface area contributed by atoms with Crippen molar-refractivity contribution in [1.29, 1.82) is 0 Å². The lowest BCUT2D eigenvalue weighted by atomic mass is 10.2. The van der Waals surface area contributed by atoms with Crippen molar-refractivity contribution in [2.24, 2.45) is 0 Å². The second-order valence-corrected chi connectivity index (χ2v) is 5.01. The first-order chi connectivity index (χ1) is 9.22. The zero-order valence-electron chi connectivity index (χ0n) is 10.4. The summed E-state index contributed by atoms with van der Waals surface area (Å²) in [5.74, 6) is 0.837. The summed E-state index contributed by atoms with van der Waals surface area (Å²) in [6, 6.07) is 16.0. The van der Waals surface area contributed by atoms with Gasteiger partial charge in [-0.2, -0.15) is 0 Å². The highest BCUT2D eigenvalue weighted by atomic mass is 79.9. The molecule has 0 saturated carbocycles. The van der Waals surface area contributed by atoms with Crippen molar-refractivity contribution in [1.82, 2.24) is 4.57 Å². The molecule has 4 heteroatoms. The van der Waals surface area contributed by atoms with E-state index in [4.69, 9.17) is 10.5 Å². The van der Waals surface area contributed by atoms with E-state index in [1.807, 2.05) is 42.5 Å². The van der Waals surface area contributed by atoms with E-state index in [-0.39, 0.29) is 0 Å². The summed E-state index contributed by atoms with van der Waals surface area (Å²) in [6.07, 6.45) is 0. The quantitative estimate of drug-likeness (QED) is 0.776. The number of hydrogen-bond donors (Lipinski definition) is 1. The lowest BCUT2D eigenvalue weighted by molar-refractivity contribution is 0.415. The maximum atomic E-state index is 6.14. The van der Waals surface area contributed by atoms with Crippen molar-refractivity contribution < 1.29 is 4.74 Å². The van der Waals surface area contributed by atoms with Crippen molar-refractivity contribution in [3.8, 4) is 11.4 Å². The predicted molar refractivity (Wildman–Crippen MR) is 81.9 cm³/mol. The molecule has 19 heavy (non-hydrogen) atoms. The van der Waals surface area contributed by atoms with Crippen LogP contribution in [-0.2, 0) is 0 Å². The Morgan fingerprint density at radius 3 is 2.42 bits per heavy atom. The fraction of sp³-hybridized carbons (Fsp3) is 0.0667. The van der Waals surface area contributed by atoms with Gasteiger partial charge in [-0.15, -0.1) is 0 Å². The summed E-state index contributed by atoms with van der Waals surface area (Å²) in [5.41, 5.74) is 9.02. The molecule has 2 aromatic carbocycles. The number of benzene rings is 2. The van der Waals surface area contributed by atoms with Crippen LogP contribution in [0.25, 0.3) is 16.6 Å². The Balaban J connectivity index is 2.26. The number of hydrogen-bond acceptors (Lipinski definition) is 2. The van der Waals surface area contributed by atoms with Gasteiger partial charge >= 0.3 is 0 Å². The predicted octanol–water partition coefficient (Wildman–Crippen LogP) is 3.98. The molecule has 3 rings (SSSR count). The Labute approximate surface area is 119 Å². The number of para-hydroxylation sites is 1. The lowest BCUT2D eigenvalue weighted by Crippen LogP contribution is -1.95. The van der Waals surface area contributed by atoms with Gasteiger partial charge in [0.2, 0.25) is 0 Å². The van der Waals surface area contributed by atoms with Crippen molar-refractivity contribution in [3.05, 3.63) is 53.1 Å². The number of fused-ring (bicyclic) bond motifs is 1. The van der Waals surface area contributed by atoms with Crippen LogP contribution in [0.2, 0.25) is 0 Å². The largest absolute Gasteiger partial charge is 0.497 e. The van der Waals surface area contributed by atoms with Crippen LogP contribution in [0.5, 0.6) is 5.75 Å². The minimum absolute atomic E-state index is 0.756. The van der Waals surface area contributed by atoms with Crippen molar-refractivity contribution >= 4 is 32.5 Å². The van der Waals surface area contributed by atoms with E-state index in [0.717, 1.165) is 32.6 Å². The summed E-state index contributed by atoms with van der Waals surface area (Å²) in [4.78, 5) is 0. The third-order valence-electron chi connectivity index (χ3n) is 3.18. The Hall–Kier alpha value is -1.94. The van der Waals surface area contributed by atoms with Crippen LogP contribution >= 0.6 is 15.9 Å². The van der Waals surface area contributed by atoms with Crippen molar-refractivity contribution in [2.45, 2.75) is 0 Å². The van der Waals surface area contributed by atoms with Gasteiger partial charge < -0.3 is 15.0 Å². The van der Waals surface area contributed by atoms with Crippen LogP contribution in [0.1, 0.15) is 0 Å². The van der Waals surface area contributed by atoms with Crippen LogP contribution < -0.4 is 10.5 Å². The molecule has 0 spiro atoms. The molecule has 1 aromatic heterocycles. The number of halogens is 1. The minimum atomic E-state index is 0.756. The van der Waals surface area contributed by atoms with Gasteiger partial charge in [0, 0.05) is 11.1 Å². The molecular formula is C15H13BrN2O. The first-order valence-corrected chi connectivity index (χ1v) is 6.70. The minimum Gasteiger partial charge on any atom is -0.497 e. The molecule has 0 saturated heterocycles. The van der Waals surface area contributed by atoms with E-state index >= 15 is 0 Å². The maximum absolute atomic E-state index is 6.14. The second-order valence-electron chi connectivity index (χ2n) is 4.26. The Morgan fingerprint density at radius 1 is 1.05 bits per heavy atom. The number of aromatic nitrogens is 1. The van der Waals surface area contributed by atoms with E-state index in [2.05, 4.69) is 26.6 Å². The third-order valence-corrected chi connectivity index (χ3v) is 3.97. The zero-order valence-corrected chi connectivity index (χ0v) is 12.0. The highest BCUT2D eigenvalue weighted by molar-refractivity contribution is 9.10. The van der Waals surface area contributed by atoms with Crippen LogP contribution in [0.15, 0.2) is 53.1 Å². The summed E-state index contributed by atoms with van der Waals surface area (Å²) in [7, 11) is 1.66. The number of anilines is 1. The molecular weight excluding hydrogens is 304 g/mol. The second kappa shape index (κ2) is 4.63. The van der Waals surface area contributed by atoms with Crippen LogP contribution in [-0.4, -0.2) is 11.7 Å². The van der Waals surface area contributed by atoms with Gasteiger partial charge in [0.25, 0.3) is 0 Å². The summed E-state index contributed by atoms with van der Waals surface area (Å²) in [5, 5.41) is 1.05. The number of nitrogen functional groups attached to an aromatic ring is 1. The van der Waals surface area contributed by atoms with Gasteiger partial charge in [0.1, 0.15) is 10.4 Å². The Morgan fingerprint density at radius 2 is 1.74 bits per heavy atom. The van der Waals surface area contributed by atoms with Gasteiger partial charge in [-0.25, -0.2) is 0 Å². The lowest BCUT2D eigenvalue weighted by Gasteiger charge is -2.08. The van der Waals surface area contributed by atoms with E-state index < -0.39 is 0 Å². The monoisotopic (exact) mass is 316 g/mol. The average Bonchev–Trinajstić information content (AvgIpc) is 2.72. The molecule has 0 aliphatic carbocycles. The molecule has 2 N–H and O–H groups in total. The fourth-order valence-electron chi connectivity index (χ4n) is 2.22. The summed E-state index contributed by atoms with van der Waals surface area (Å²) >= 11 is 3.57. The molecule has 0 atom stereocenters. The molecule has 0 aliphatic rings. The van der Waals surface area contributed by atoms with Crippen LogP contribution in [0, 0.1) is 0 Å². The summed E-state index contributed by atoms with van der Waals surface area (Å²) in [6.45, 7) is 0. The van der Waals surface area contributed by atoms with Crippen molar-refractivity contribution in [3.63, 3.8) is 0 Å². The number of nitrogens with two attached hydrogens (primary N) is 1. The topological polar surface area (TPSA) is 40.2 Å². The van der Waals surface area contributed by atoms with Crippen LogP contribution in [0.4, 0.5) is 5.69 Å². The third kappa shape index (κ3) is 1.88. The summed E-state index contributed by atoms with van der Waals surface area (Å²) < 4.78 is 8.14. The number of nitrogens with zero attached hydrogens (tertiary/aromatic N) is 1. The van der Waals surface area contributed by atoms with Crippen molar-refractivity contribution in [2.75, 3.05) is 12.8 Å². The molecule has 0 unspecified atom stereocenters. The molecule has 3 aromatic rings. The van der Waals surface area contributed by atoms with E-state index in [0.29, 0.717) is 0 Å². The Bertz CT molecular complexity index is 732. The highest BCUT2D eigenvalue weighted by Gasteiger charge is 2.13. The van der Waals surface area contributed by atoms with E-state index in [1.54, 1.807) is 7.11 Å². The van der Waals surface area contributed by atoms with E-state index in [1.165, 1.54) is 0 Å². The molecule has 0 radical (unpaired) electrons. The highest BCUT2D eigenvalue weighted by Crippen LogP contribution is 2.35. The van der Waals surface area contributed by atoms with E-state index in [9.17, 15) is 0 Å². The molecule has 1 heterocycles. The van der Waals surface area contributed by atoms with Gasteiger partial charge in [-0.3, -0.25) is 0 Å². The molecule has 0 amide bonds. The molecule has 0 bridgehead atoms. The normalized spacial score (nSPS) is 10.8. The smallest absolute Gasteiger partial charge is 0.119 e. The first kappa shape index (κ1) is 12.1. The molecule has 0 aliphatic heterocycles. The van der Waals surface area contributed by atoms with Gasteiger partial charge in [-0.05, 0) is 46.3 Å². The molecule has 3 nitrogen and oxygen atoms in total. The number of methoxy groups -OCH3 is 1. The molecule has 96 valence electrons. The molecule has 0 fully saturated rings. The van der Waals surface area contributed by atoms with Gasteiger partial charge in [0.05, 0.1) is 18.3 Å². The van der Waals surface area contributed by atoms with Gasteiger partial charge in [-0.1, -0.05) is 18.2 Å². The zero-order chi connectivity index (χ0) is 13.4. The standard InChI is InChI=1S/C15H13BrN2O/c1-19-11-8-6-10(7-9-11)18-13-5-3-2-4-12(13)14(17)15(18)16/h2-9H,17H2,1H3. The number of rotatable bonds is 2. The average molecular weight is 317 g/mol. The van der Waals surface area contributed by atoms with Crippen LogP contribution in [0.3, 0.4) is 0 Å².